The van der Waals surface area contributed by atoms with Gasteiger partial charge in [0.15, 0.2) is 0 Å². The van der Waals surface area contributed by atoms with Crippen molar-refractivity contribution in [3.05, 3.63) is 29.6 Å². The maximum absolute atomic E-state index is 14.2. The van der Waals surface area contributed by atoms with Crippen LogP contribution in [0.4, 0.5) is 10.1 Å². The lowest BCUT2D eigenvalue weighted by Gasteiger charge is -2.37. The topological polar surface area (TPSA) is 15.3 Å². The number of nitrogens with zero attached hydrogens (tertiary/aromatic N) is 1. The number of benzene rings is 1. The summed E-state index contributed by atoms with van der Waals surface area (Å²) < 4.78 is 14.2. The van der Waals surface area contributed by atoms with E-state index in [1.807, 2.05) is 6.07 Å². The van der Waals surface area contributed by atoms with Gasteiger partial charge in [-0.1, -0.05) is 19.9 Å². The first-order valence-electron chi connectivity index (χ1n) is 7.89. The van der Waals surface area contributed by atoms with Gasteiger partial charge in [0.1, 0.15) is 5.82 Å². The van der Waals surface area contributed by atoms with Gasteiger partial charge in [-0.2, -0.15) is 0 Å². The van der Waals surface area contributed by atoms with Crippen molar-refractivity contribution in [3.63, 3.8) is 0 Å². The number of piperidine rings is 1. The Labute approximate surface area is 121 Å². The summed E-state index contributed by atoms with van der Waals surface area (Å²) >= 11 is 0. The number of anilines is 1. The average Bonchev–Trinajstić information content (AvgIpc) is 3.20. The molecule has 20 heavy (non-hydrogen) atoms. The summed E-state index contributed by atoms with van der Waals surface area (Å²) in [7, 11) is 0. The Bertz CT molecular complexity index is 460. The van der Waals surface area contributed by atoms with Gasteiger partial charge in [0.2, 0.25) is 0 Å². The maximum atomic E-state index is 14.2. The molecule has 0 spiro atoms. The maximum Gasteiger partial charge on any atom is 0.129 e. The minimum Gasteiger partial charge on any atom is -0.371 e. The summed E-state index contributed by atoms with van der Waals surface area (Å²) in [5.41, 5.74) is 1.94. The van der Waals surface area contributed by atoms with Crippen molar-refractivity contribution < 1.29 is 4.39 Å². The predicted molar refractivity (Wildman–Crippen MR) is 81.4 cm³/mol. The van der Waals surface area contributed by atoms with E-state index in [9.17, 15) is 4.39 Å². The fraction of sp³-hybridized carbons (Fsp3) is 0.647. The van der Waals surface area contributed by atoms with E-state index in [-0.39, 0.29) is 5.82 Å². The van der Waals surface area contributed by atoms with Crippen molar-refractivity contribution in [1.82, 2.24) is 5.32 Å². The Morgan fingerprint density at radius 1 is 1.20 bits per heavy atom. The van der Waals surface area contributed by atoms with E-state index < -0.39 is 0 Å². The lowest BCUT2D eigenvalue weighted by atomic mass is 9.91. The summed E-state index contributed by atoms with van der Waals surface area (Å²) in [6.07, 6.45) is 3.75. The molecule has 1 aliphatic heterocycles. The van der Waals surface area contributed by atoms with E-state index in [2.05, 4.69) is 30.1 Å². The van der Waals surface area contributed by atoms with E-state index in [0.717, 1.165) is 24.3 Å². The van der Waals surface area contributed by atoms with E-state index in [0.29, 0.717) is 24.4 Å². The first-order valence-corrected chi connectivity index (χ1v) is 7.89. The van der Waals surface area contributed by atoms with Crippen LogP contribution < -0.4 is 10.2 Å². The zero-order valence-corrected chi connectivity index (χ0v) is 12.5. The van der Waals surface area contributed by atoms with Crippen LogP contribution in [0, 0.1) is 17.7 Å². The molecule has 3 heteroatoms. The van der Waals surface area contributed by atoms with Gasteiger partial charge < -0.3 is 10.2 Å². The number of hydrogen-bond donors (Lipinski definition) is 1. The normalized spacial score (nSPS) is 26.9. The molecule has 0 aromatic heterocycles. The molecule has 2 fully saturated rings. The van der Waals surface area contributed by atoms with E-state index in [1.54, 1.807) is 6.07 Å². The Hall–Kier alpha value is -1.09. The van der Waals surface area contributed by atoms with Crippen LogP contribution in [0.15, 0.2) is 18.2 Å². The SMILES string of the molecule is CC1CC(C)CN(c2cccc(F)c2CNC2CC2)C1. The number of hydrogen-bond acceptors (Lipinski definition) is 2. The van der Waals surface area contributed by atoms with Crippen molar-refractivity contribution in [1.29, 1.82) is 0 Å². The molecule has 0 amide bonds. The van der Waals surface area contributed by atoms with Gasteiger partial charge in [0.05, 0.1) is 0 Å². The summed E-state index contributed by atoms with van der Waals surface area (Å²) in [5, 5.41) is 3.45. The molecular weight excluding hydrogens is 251 g/mol. The molecular formula is C17H25FN2. The highest BCUT2D eigenvalue weighted by atomic mass is 19.1. The summed E-state index contributed by atoms with van der Waals surface area (Å²) in [6, 6.07) is 6.12. The Morgan fingerprint density at radius 2 is 1.90 bits per heavy atom. The van der Waals surface area contributed by atoms with Crippen molar-refractivity contribution in [3.8, 4) is 0 Å². The minimum atomic E-state index is -0.0680. The van der Waals surface area contributed by atoms with Crippen LogP contribution in [-0.2, 0) is 6.54 Å². The lowest BCUT2D eigenvalue weighted by molar-refractivity contribution is 0.356. The third-order valence-electron chi connectivity index (χ3n) is 4.45. The molecule has 1 aromatic rings. The number of halogens is 1. The third-order valence-corrected chi connectivity index (χ3v) is 4.45. The first kappa shape index (κ1) is 13.9. The molecule has 1 aliphatic carbocycles. The van der Waals surface area contributed by atoms with Crippen LogP contribution in [0.25, 0.3) is 0 Å². The molecule has 1 aromatic carbocycles. The van der Waals surface area contributed by atoms with E-state index in [4.69, 9.17) is 0 Å². The lowest BCUT2D eigenvalue weighted by Crippen LogP contribution is -2.39. The highest BCUT2D eigenvalue weighted by Crippen LogP contribution is 2.30. The Morgan fingerprint density at radius 3 is 2.55 bits per heavy atom. The fourth-order valence-electron chi connectivity index (χ4n) is 3.41. The minimum absolute atomic E-state index is 0.0680. The van der Waals surface area contributed by atoms with Gasteiger partial charge in [-0.15, -0.1) is 0 Å². The average molecular weight is 276 g/mol. The van der Waals surface area contributed by atoms with Crippen LogP contribution >= 0.6 is 0 Å². The van der Waals surface area contributed by atoms with Gasteiger partial charge in [0.25, 0.3) is 0 Å². The van der Waals surface area contributed by atoms with Crippen LogP contribution in [0.3, 0.4) is 0 Å². The van der Waals surface area contributed by atoms with Crippen molar-refractivity contribution >= 4 is 5.69 Å². The molecule has 1 saturated heterocycles. The molecule has 3 rings (SSSR count). The Balaban J connectivity index is 1.81. The molecule has 1 saturated carbocycles. The molecule has 1 N–H and O–H groups in total. The third kappa shape index (κ3) is 3.14. The standard InChI is InChI=1S/C17H25FN2/c1-12-8-13(2)11-20(10-12)17-5-3-4-16(18)15(17)9-19-14-6-7-14/h3-5,12-14,19H,6-11H2,1-2H3. The quantitative estimate of drug-likeness (QED) is 0.904. The first-order chi connectivity index (χ1) is 9.63. The monoisotopic (exact) mass is 276 g/mol. The molecule has 2 nitrogen and oxygen atoms in total. The van der Waals surface area contributed by atoms with Gasteiger partial charge in [-0.05, 0) is 43.2 Å². The molecule has 1 heterocycles. The molecule has 0 radical (unpaired) electrons. The zero-order valence-electron chi connectivity index (χ0n) is 12.5. The summed E-state index contributed by atoms with van der Waals surface area (Å²) in [6.45, 7) is 7.34. The Kier molecular flexibility index (Phi) is 3.97. The predicted octanol–water partition coefficient (Wildman–Crippen LogP) is 3.56. The number of rotatable bonds is 4. The fourth-order valence-corrected chi connectivity index (χ4v) is 3.41. The molecule has 0 bridgehead atoms. The largest absolute Gasteiger partial charge is 0.371 e. The second kappa shape index (κ2) is 5.72. The zero-order chi connectivity index (χ0) is 14.1. The summed E-state index contributed by atoms with van der Waals surface area (Å²) in [5.74, 6) is 1.30. The van der Waals surface area contributed by atoms with Crippen molar-refractivity contribution in [2.75, 3.05) is 18.0 Å². The van der Waals surface area contributed by atoms with Gasteiger partial charge in [-0.25, -0.2) is 4.39 Å². The van der Waals surface area contributed by atoms with Gasteiger partial charge in [-0.3, -0.25) is 0 Å². The van der Waals surface area contributed by atoms with Gasteiger partial charge >= 0.3 is 0 Å². The smallest absolute Gasteiger partial charge is 0.129 e. The molecule has 2 atom stereocenters. The second-order valence-corrected chi connectivity index (χ2v) is 6.74. The van der Waals surface area contributed by atoms with E-state index >= 15 is 0 Å². The molecule has 2 aliphatic rings. The highest BCUT2D eigenvalue weighted by molar-refractivity contribution is 5.54. The van der Waals surface area contributed by atoms with Crippen LogP contribution in [0.1, 0.15) is 38.7 Å². The molecule has 2 unspecified atom stereocenters. The second-order valence-electron chi connectivity index (χ2n) is 6.74. The van der Waals surface area contributed by atoms with Crippen LogP contribution in [0.2, 0.25) is 0 Å². The van der Waals surface area contributed by atoms with Gasteiger partial charge in [0, 0.05) is 36.9 Å². The van der Waals surface area contributed by atoms with Crippen molar-refractivity contribution in [2.45, 2.75) is 45.7 Å². The van der Waals surface area contributed by atoms with Crippen molar-refractivity contribution in [2.24, 2.45) is 11.8 Å². The van der Waals surface area contributed by atoms with E-state index in [1.165, 1.54) is 19.3 Å². The summed E-state index contributed by atoms with van der Waals surface area (Å²) in [4.78, 5) is 2.38. The highest BCUT2D eigenvalue weighted by Gasteiger charge is 2.26. The number of nitrogens with one attached hydrogen (secondary N) is 1. The molecule has 110 valence electrons. The van der Waals surface area contributed by atoms with Crippen LogP contribution in [0.5, 0.6) is 0 Å². The van der Waals surface area contributed by atoms with Crippen LogP contribution in [-0.4, -0.2) is 19.1 Å².